The van der Waals surface area contributed by atoms with E-state index in [0.29, 0.717) is 0 Å². The Kier molecular flexibility index (Phi) is 5.82. The highest BCUT2D eigenvalue weighted by Gasteiger charge is 2.58. The van der Waals surface area contributed by atoms with E-state index in [9.17, 15) is 35.7 Å². The average molecular weight is 354 g/mol. The Hall–Kier alpha value is -0.860. The van der Waals surface area contributed by atoms with Crippen molar-refractivity contribution in [1.82, 2.24) is 0 Å². The minimum atomic E-state index is -2.26. The molecule has 0 amide bonds. The Morgan fingerprint density at radius 2 is 1.62 bits per heavy atom. The van der Waals surface area contributed by atoms with Crippen molar-refractivity contribution in [3.8, 4) is 0 Å². The highest BCUT2D eigenvalue weighted by Crippen LogP contribution is 2.36. The predicted octanol–water partition coefficient (Wildman–Crippen LogP) is -4.32. The lowest BCUT2D eigenvalue weighted by Gasteiger charge is -2.43. The molecule has 24 heavy (non-hydrogen) atoms. The Morgan fingerprint density at radius 3 is 2.08 bits per heavy atom. The van der Waals surface area contributed by atoms with Gasteiger partial charge in [-0.05, 0) is 0 Å². The van der Waals surface area contributed by atoms with Crippen LogP contribution in [0.5, 0.6) is 0 Å². The fraction of sp³-hybridized carbons (Fsp3) is 0.846. The molecular formula is C13H22O11. The number of hydrogen-bond donors (Lipinski definition) is 8. The first-order valence-electron chi connectivity index (χ1n) is 7.19. The zero-order valence-corrected chi connectivity index (χ0v) is 12.5. The molecule has 9 atom stereocenters. The van der Waals surface area contributed by atoms with Crippen molar-refractivity contribution in [3.63, 3.8) is 0 Å². The summed E-state index contributed by atoms with van der Waals surface area (Å²) < 4.78 is 15.5. The number of ether oxygens (including phenoxy) is 3. The van der Waals surface area contributed by atoms with E-state index in [0.717, 1.165) is 0 Å². The smallest absolute Gasteiger partial charge is 0.224 e. The van der Waals surface area contributed by atoms with Gasteiger partial charge in [0.2, 0.25) is 5.79 Å². The molecule has 1 unspecified atom stereocenters. The summed E-state index contributed by atoms with van der Waals surface area (Å²) in [5, 5.41) is 77.3. The molecule has 0 aromatic carbocycles. The lowest BCUT2D eigenvalue weighted by atomic mass is 9.97. The maximum atomic E-state index is 10.0. The van der Waals surface area contributed by atoms with Crippen LogP contribution in [0.3, 0.4) is 0 Å². The normalized spacial score (nSPS) is 49.3. The van der Waals surface area contributed by atoms with Crippen molar-refractivity contribution < 1.29 is 55.1 Å². The highest BCUT2D eigenvalue weighted by atomic mass is 16.8. The molecule has 8 N–H and O–H groups in total. The largest absolute Gasteiger partial charge is 0.510 e. The van der Waals surface area contributed by atoms with Crippen molar-refractivity contribution in [2.45, 2.75) is 54.8 Å². The van der Waals surface area contributed by atoms with Gasteiger partial charge in [0.25, 0.3) is 0 Å². The lowest BCUT2D eigenvalue weighted by molar-refractivity contribution is -0.380. The third-order valence-electron chi connectivity index (χ3n) is 4.12. The van der Waals surface area contributed by atoms with Gasteiger partial charge >= 0.3 is 0 Å². The summed E-state index contributed by atoms with van der Waals surface area (Å²) in [6, 6.07) is 0. The Bertz CT molecular complexity index is 459. The predicted molar refractivity (Wildman–Crippen MR) is 73.3 cm³/mol. The van der Waals surface area contributed by atoms with Gasteiger partial charge in [0.05, 0.1) is 6.61 Å². The lowest BCUT2D eigenvalue weighted by Crippen LogP contribution is -2.62. The monoisotopic (exact) mass is 354 g/mol. The molecule has 0 aromatic rings. The topological polar surface area (TPSA) is 190 Å². The first-order chi connectivity index (χ1) is 11.2. The van der Waals surface area contributed by atoms with Gasteiger partial charge in [0.15, 0.2) is 6.29 Å². The third kappa shape index (κ3) is 3.15. The second-order valence-electron chi connectivity index (χ2n) is 5.75. The summed E-state index contributed by atoms with van der Waals surface area (Å²) in [5.74, 6) is -2.91. The second-order valence-corrected chi connectivity index (χ2v) is 5.75. The molecular weight excluding hydrogens is 332 g/mol. The van der Waals surface area contributed by atoms with Crippen LogP contribution in [0.25, 0.3) is 0 Å². The SMILES string of the molecule is C=C(O)[C@H]1O[C@H](OC2(CO)O[C@H](CO)[C@@H](O)[C@@H]2O)[C@H](O)[C@@H](O)[C@@H]1O. The van der Waals surface area contributed by atoms with E-state index in [2.05, 4.69) is 6.58 Å². The fourth-order valence-corrected chi connectivity index (χ4v) is 2.69. The minimum absolute atomic E-state index is 0.652. The van der Waals surface area contributed by atoms with Crippen LogP contribution in [-0.4, -0.2) is 109 Å². The van der Waals surface area contributed by atoms with Crippen LogP contribution in [-0.2, 0) is 14.2 Å². The van der Waals surface area contributed by atoms with Crippen LogP contribution in [0.1, 0.15) is 0 Å². The quantitative estimate of drug-likeness (QED) is 0.223. The standard InChI is InChI=1S/C13H22O11/c1-4(16)10-8(19)7(18)9(20)12(22-10)24-13(3-15)11(21)6(17)5(2-14)23-13/h5-12,14-21H,1-3H2/t5-,6-,7+,8+,9-,10-,11+,12-,13?/m1/s1. The molecule has 2 fully saturated rings. The maximum absolute atomic E-state index is 10.0. The van der Waals surface area contributed by atoms with Crippen LogP contribution in [0.15, 0.2) is 12.3 Å². The molecule has 11 heteroatoms. The molecule has 11 nitrogen and oxygen atoms in total. The molecule has 0 spiro atoms. The number of hydrogen-bond acceptors (Lipinski definition) is 11. The van der Waals surface area contributed by atoms with E-state index in [1.807, 2.05) is 0 Å². The Balaban J connectivity index is 2.22. The molecule has 0 bridgehead atoms. The Morgan fingerprint density at radius 1 is 1.00 bits per heavy atom. The van der Waals surface area contributed by atoms with Crippen molar-refractivity contribution in [3.05, 3.63) is 12.3 Å². The van der Waals surface area contributed by atoms with Gasteiger partial charge in [-0.15, -0.1) is 0 Å². The van der Waals surface area contributed by atoms with Gasteiger partial charge in [-0.2, -0.15) is 0 Å². The van der Waals surface area contributed by atoms with Crippen molar-refractivity contribution in [1.29, 1.82) is 0 Å². The van der Waals surface area contributed by atoms with Gasteiger partial charge in [0.1, 0.15) is 55.1 Å². The van der Waals surface area contributed by atoms with E-state index < -0.39 is 73.8 Å². The van der Waals surface area contributed by atoms with Crippen LogP contribution in [0.4, 0.5) is 0 Å². The zero-order valence-electron chi connectivity index (χ0n) is 12.5. The van der Waals surface area contributed by atoms with Crippen molar-refractivity contribution in [2.24, 2.45) is 0 Å². The summed E-state index contributed by atoms with van der Waals surface area (Å²) in [5.41, 5.74) is 0. The maximum Gasteiger partial charge on any atom is 0.224 e. The summed E-state index contributed by atoms with van der Waals surface area (Å²) in [6.45, 7) is 1.49. The number of rotatable bonds is 5. The highest BCUT2D eigenvalue weighted by molar-refractivity contribution is 5.03. The van der Waals surface area contributed by atoms with E-state index in [1.165, 1.54) is 0 Å². The Labute approximate surface area is 136 Å². The number of aliphatic hydroxyl groups excluding tert-OH is 8. The van der Waals surface area contributed by atoms with E-state index in [4.69, 9.17) is 19.3 Å². The molecule has 0 radical (unpaired) electrons. The van der Waals surface area contributed by atoms with Crippen LogP contribution in [0, 0.1) is 0 Å². The molecule has 2 aliphatic rings. The molecule has 2 saturated heterocycles. The van der Waals surface area contributed by atoms with Crippen molar-refractivity contribution >= 4 is 0 Å². The summed E-state index contributed by atoms with van der Waals surface area (Å²) >= 11 is 0. The van der Waals surface area contributed by atoms with Gasteiger partial charge in [-0.25, -0.2) is 0 Å². The summed E-state index contributed by atoms with van der Waals surface area (Å²) in [4.78, 5) is 0. The molecule has 2 heterocycles. The van der Waals surface area contributed by atoms with E-state index in [-0.39, 0.29) is 0 Å². The molecule has 2 aliphatic heterocycles. The van der Waals surface area contributed by atoms with Gasteiger partial charge in [0, 0.05) is 0 Å². The first kappa shape index (κ1) is 19.5. The third-order valence-corrected chi connectivity index (χ3v) is 4.12. The fourth-order valence-electron chi connectivity index (χ4n) is 2.69. The average Bonchev–Trinajstić information content (AvgIpc) is 2.80. The van der Waals surface area contributed by atoms with Crippen LogP contribution >= 0.6 is 0 Å². The van der Waals surface area contributed by atoms with Gasteiger partial charge in [-0.1, -0.05) is 6.58 Å². The van der Waals surface area contributed by atoms with Crippen molar-refractivity contribution in [2.75, 3.05) is 13.2 Å². The van der Waals surface area contributed by atoms with E-state index in [1.54, 1.807) is 0 Å². The zero-order chi connectivity index (χ0) is 18.2. The van der Waals surface area contributed by atoms with E-state index >= 15 is 0 Å². The van der Waals surface area contributed by atoms with Gasteiger partial charge < -0.3 is 55.1 Å². The van der Waals surface area contributed by atoms with Gasteiger partial charge in [-0.3, -0.25) is 0 Å². The minimum Gasteiger partial charge on any atom is -0.510 e. The second kappa shape index (κ2) is 7.17. The van der Waals surface area contributed by atoms with Crippen LogP contribution in [0.2, 0.25) is 0 Å². The molecule has 0 saturated carbocycles. The molecule has 2 rings (SSSR count). The molecule has 0 aliphatic carbocycles. The summed E-state index contributed by atoms with van der Waals surface area (Å²) in [7, 11) is 0. The van der Waals surface area contributed by atoms with Crippen LogP contribution < -0.4 is 0 Å². The molecule has 140 valence electrons. The molecule has 0 aromatic heterocycles. The number of aliphatic hydroxyl groups is 8. The first-order valence-corrected chi connectivity index (χ1v) is 7.19. The summed E-state index contributed by atoms with van der Waals surface area (Å²) in [6.07, 6.45) is -13.3.